The molecule has 200 valence electrons. The average molecular weight is 497 g/mol. The van der Waals surface area contributed by atoms with Crippen LogP contribution in [0.2, 0.25) is 0 Å². The van der Waals surface area contributed by atoms with Gasteiger partial charge in [-0.05, 0) is 66.0 Å². The highest BCUT2D eigenvalue weighted by molar-refractivity contribution is 6.07. The number of carbonyl (C=O) groups excluding carboxylic acids is 2. The van der Waals surface area contributed by atoms with Gasteiger partial charge in [0.25, 0.3) is 0 Å². The molecule has 1 aromatic carbocycles. The number of nitrogens with zero attached hydrogens (tertiary/aromatic N) is 1. The Labute approximate surface area is 218 Å². The largest absolute Gasteiger partial charge is 0.507 e. The first kappa shape index (κ1) is 27.2. The van der Waals surface area contributed by atoms with Gasteiger partial charge in [-0.1, -0.05) is 92.2 Å². The minimum Gasteiger partial charge on any atom is -0.507 e. The van der Waals surface area contributed by atoms with Gasteiger partial charge < -0.3 is 5.11 Å². The summed E-state index contributed by atoms with van der Waals surface area (Å²) < 4.78 is 0. The molecule has 2 saturated carbocycles. The summed E-state index contributed by atoms with van der Waals surface area (Å²) in [7, 11) is 0. The fourth-order valence-electron chi connectivity index (χ4n) is 6.79. The Hall–Kier alpha value is -1.88. The van der Waals surface area contributed by atoms with Crippen LogP contribution in [-0.2, 0) is 26.8 Å². The van der Waals surface area contributed by atoms with Gasteiger partial charge in [0.15, 0.2) is 0 Å². The molecule has 1 aliphatic heterocycles. The minimum atomic E-state index is -0.555. The van der Waals surface area contributed by atoms with E-state index in [1.165, 1.54) is 12.8 Å². The Morgan fingerprint density at radius 2 is 1.19 bits per heavy atom. The second-order valence-corrected chi connectivity index (χ2v) is 13.8. The van der Waals surface area contributed by atoms with Crippen LogP contribution in [0.5, 0.6) is 5.75 Å². The molecule has 0 aromatic heterocycles. The molecule has 0 bridgehead atoms. The van der Waals surface area contributed by atoms with Crippen LogP contribution in [0.4, 0.5) is 0 Å². The first-order valence-corrected chi connectivity index (χ1v) is 14.3. The first-order valence-electron chi connectivity index (χ1n) is 14.3. The van der Waals surface area contributed by atoms with Gasteiger partial charge in [-0.25, -0.2) is 0 Å². The van der Waals surface area contributed by atoms with E-state index >= 15 is 0 Å². The molecule has 36 heavy (non-hydrogen) atoms. The van der Waals surface area contributed by atoms with Crippen LogP contribution in [0.25, 0.3) is 0 Å². The SMILES string of the molecule is CC(C)(C)c1cc(CCCN2C(=O)C3(CCCCC3)NC3(CCCCC3)C2=O)cc(C(C)(C)C)c1O. The number of benzene rings is 1. The van der Waals surface area contributed by atoms with Crippen LogP contribution in [0, 0.1) is 0 Å². The fourth-order valence-corrected chi connectivity index (χ4v) is 6.79. The van der Waals surface area contributed by atoms with E-state index in [4.69, 9.17) is 0 Å². The van der Waals surface area contributed by atoms with Crippen molar-refractivity contribution in [3.05, 3.63) is 28.8 Å². The van der Waals surface area contributed by atoms with Gasteiger partial charge in [0.1, 0.15) is 5.75 Å². The molecule has 3 aliphatic rings. The Morgan fingerprint density at radius 1 is 0.778 bits per heavy atom. The molecular formula is C31H48N2O3. The molecule has 4 rings (SSSR count). The van der Waals surface area contributed by atoms with Gasteiger partial charge in [-0.15, -0.1) is 0 Å². The maximum absolute atomic E-state index is 13.8. The van der Waals surface area contributed by atoms with Gasteiger partial charge >= 0.3 is 0 Å². The Bertz CT molecular complexity index is 915. The molecule has 3 fully saturated rings. The summed E-state index contributed by atoms with van der Waals surface area (Å²) in [5, 5.41) is 14.8. The Kier molecular flexibility index (Phi) is 7.38. The third-order valence-corrected chi connectivity index (χ3v) is 8.83. The van der Waals surface area contributed by atoms with Crippen molar-refractivity contribution in [1.29, 1.82) is 0 Å². The first-order chi connectivity index (χ1) is 16.8. The molecule has 2 N–H and O–H groups in total. The molecule has 2 spiro atoms. The zero-order valence-electron chi connectivity index (χ0n) is 23.6. The second kappa shape index (κ2) is 9.78. The number of hydrogen-bond donors (Lipinski definition) is 2. The number of nitrogens with one attached hydrogen (secondary N) is 1. The smallest absolute Gasteiger partial charge is 0.249 e. The summed E-state index contributed by atoms with van der Waals surface area (Å²) >= 11 is 0. The van der Waals surface area contributed by atoms with Crippen LogP contribution in [0.1, 0.15) is 129 Å². The van der Waals surface area contributed by atoms with Crippen molar-refractivity contribution in [3.8, 4) is 5.75 Å². The minimum absolute atomic E-state index is 0.0138. The number of amides is 2. The van der Waals surface area contributed by atoms with Crippen molar-refractivity contribution in [1.82, 2.24) is 10.2 Å². The summed E-state index contributed by atoms with van der Waals surface area (Å²) in [6, 6.07) is 4.24. The molecule has 2 aliphatic carbocycles. The van der Waals surface area contributed by atoms with Crippen molar-refractivity contribution < 1.29 is 14.7 Å². The number of imide groups is 1. The van der Waals surface area contributed by atoms with Crippen molar-refractivity contribution in [2.75, 3.05) is 6.54 Å². The van der Waals surface area contributed by atoms with Crippen LogP contribution in [-0.4, -0.2) is 39.4 Å². The fraction of sp³-hybridized carbons (Fsp3) is 0.742. The highest BCUT2D eigenvalue weighted by Crippen LogP contribution is 2.42. The standard InChI is InChI=1S/C31H48N2O3/c1-28(2,3)23-20-22(21-24(25(23)34)29(4,5)6)14-13-19-33-26(35)30(15-9-7-10-16-30)32-31(27(33)36)17-11-8-12-18-31/h20-21,32,34H,7-19H2,1-6H3. The third kappa shape index (κ3) is 5.10. The van der Waals surface area contributed by atoms with E-state index in [9.17, 15) is 14.7 Å². The normalized spacial score (nSPS) is 22.4. The van der Waals surface area contributed by atoms with Crippen LogP contribution < -0.4 is 5.32 Å². The molecule has 0 unspecified atom stereocenters. The zero-order valence-corrected chi connectivity index (χ0v) is 23.6. The third-order valence-electron chi connectivity index (χ3n) is 8.83. The quantitative estimate of drug-likeness (QED) is 0.481. The number of rotatable bonds is 4. The lowest BCUT2D eigenvalue weighted by atomic mass is 9.71. The Balaban J connectivity index is 1.58. The summed E-state index contributed by atoms with van der Waals surface area (Å²) in [5.74, 6) is 0.421. The van der Waals surface area contributed by atoms with E-state index < -0.39 is 11.1 Å². The second-order valence-electron chi connectivity index (χ2n) is 13.8. The van der Waals surface area contributed by atoms with Crippen molar-refractivity contribution in [3.63, 3.8) is 0 Å². The summed E-state index contributed by atoms with van der Waals surface area (Å²) in [4.78, 5) is 29.3. The molecule has 0 radical (unpaired) electrons. The number of phenols is 1. The van der Waals surface area contributed by atoms with E-state index in [0.717, 1.165) is 80.9 Å². The van der Waals surface area contributed by atoms with E-state index in [1.54, 1.807) is 4.90 Å². The highest BCUT2D eigenvalue weighted by atomic mass is 16.3. The van der Waals surface area contributed by atoms with Crippen molar-refractivity contribution >= 4 is 11.8 Å². The van der Waals surface area contributed by atoms with Gasteiger partial charge in [-0.2, -0.15) is 0 Å². The maximum atomic E-state index is 13.8. The number of phenolic OH excluding ortho intramolecular Hbond substituents is 1. The van der Waals surface area contributed by atoms with E-state index in [0.29, 0.717) is 12.3 Å². The molecule has 5 nitrogen and oxygen atoms in total. The molecule has 5 heteroatoms. The predicted molar refractivity (Wildman–Crippen MR) is 145 cm³/mol. The monoisotopic (exact) mass is 496 g/mol. The van der Waals surface area contributed by atoms with Gasteiger partial charge in [0.2, 0.25) is 11.8 Å². The highest BCUT2D eigenvalue weighted by Gasteiger charge is 2.57. The maximum Gasteiger partial charge on any atom is 0.249 e. The lowest BCUT2D eigenvalue weighted by Gasteiger charge is -2.53. The lowest BCUT2D eigenvalue weighted by molar-refractivity contribution is -0.164. The lowest BCUT2D eigenvalue weighted by Crippen LogP contribution is -2.76. The average Bonchev–Trinajstić information content (AvgIpc) is 2.81. The number of carbonyl (C=O) groups is 2. The summed E-state index contributed by atoms with van der Waals surface area (Å²) in [6.45, 7) is 13.2. The number of piperazine rings is 1. The van der Waals surface area contributed by atoms with Crippen molar-refractivity contribution in [2.45, 2.75) is 141 Å². The molecule has 0 atom stereocenters. The number of aryl methyl sites for hydroxylation is 1. The van der Waals surface area contributed by atoms with Crippen LogP contribution in [0.3, 0.4) is 0 Å². The van der Waals surface area contributed by atoms with Crippen LogP contribution >= 0.6 is 0 Å². The summed E-state index contributed by atoms with van der Waals surface area (Å²) in [5.41, 5.74) is 1.62. The molecule has 2 amide bonds. The van der Waals surface area contributed by atoms with Gasteiger partial charge in [0.05, 0.1) is 11.1 Å². The molecular weight excluding hydrogens is 448 g/mol. The van der Waals surface area contributed by atoms with E-state index in [-0.39, 0.29) is 22.6 Å². The number of hydrogen-bond acceptors (Lipinski definition) is 4. The molecule has 1 heterocycles. The van der Waals surface area contributed by atoms with Gasteiger partial charge in [-0.3, -0.25) is 19.8 Å². The van der Waals surface area contributed by atoms with Crippen LogP contribution in [0.15, 0.2) is 12.1 Å². The number of aromatic hydroxyl groups is 1. The molecule has 1 saturated heterocycles. The zero-order chi connectivity index (χ0) is 26.4. The Morgan fingerprint density at radius 3 is 1.58 bits per heavy atom. The predicted octanol–water partition coefficient (Wildman–Crippen LogP) is 6.28. The van der Waals surface area contributed by atoms with E-state index in [2.05, 4.69) is 59.0 Å². The topological polar surface area (TPSA) is 69.6 Å². The molecule has 1 aromatic rings. The van der Waals surface area contributed by atoms with E-state index in [1.807, 2.05) is 0 Å². The summed E-state index contributed by atoms with van der Waals surface area (Å²) in [6.07, 6.45) is 11.4. The van der Waals surface area contributed by atoms with Gasteiger partial charge in [0, 0.05) is 6.54 Å². The van der Waals surface area contributed by atoms with Crippen molar-refractivity contribution in [2.24, 2.45) is 0 Å².